The van der Waals surface area contributed by atoms with Crippen molar-refractivity contribution in [3.63, 3.8) is 0 Å². The van der Waals surface area contributed by atoms with Gasteiger partial charge in [0.2, 0.25) is 0 Å². The Labute approximate surface area is 773 Å². The third kappa shape index (κ3) is 23.7. The SMILES string of the molecule is O=C(Nc1ccccc1)c1ccccc1[O-].O=C(Nc1ccccc1)c1ccccc1[O-].Oc1ccc([C@H](O)c2ccccc2)c(O)c1.Oc1ccc([P+](c2ccccc2)(c2ccccc2)c2ccccc2)cc1.Oc1ccccc1O.c1ccc([P+](c2ccccc2)(c2ccccc2)c2ccccc2)cc1.c1ccc([P+](c2ccccc2)(c2ccccc2)c2ccccc2)cc1. The van der Waals surface area contributed by atoms with Crippen LogP contribution in [0.1, 0.15) is 37.9 Å². The smallest absolute Gasteiger partial charge is 0.255 e. The molecule has 0 aliphatic heterocycles. The molecule has 0 saturated heterocycles. The van der Waals surface area contributed by atoms with E-state index in [1.807, 2.05) is 54.6 Å². The zero-order chi connectivity index (χ0) is 92.0. The minimum atomic E-state index is -2.04. The zero-order valence-electron chi connectivity index (χ0n) is 72.1. The highest BCUT2D eigenvalue weighted by molar-refractivity contribution is 8.02. The van der Waals surface area contributed by atoms with E-state index in [1.165, 1.54) is 118 Å². The predicted octanol–water partition coefficient (Wildman–Crippen LogP) is 19.9. The molecule has 0 aliphatic carbocycles. The molecule has 0 aromatic heterocycles. The fourth-order valence-corrected chi connectivity index (χ4v) is 28.1. The molecule has 0 spiro atoms. The lowest BCUT2D eigenvalue weighted by molar-refractivity contribution is -0.269. The molecule has 8 N–H and O–H groups in total. The summed E-state index contributed by atoms with van der Waals surface area (Å²) < 4.78 is 0. The van der Waals surface area contributed by atoms with Crippen molar-refractivity contribution in [3.05, 3.63) is 562 Å². The molecule has 650 valence electrons. The molecule has 0 heterocycles. The van der Waals surface area contributed by atoms with Crippen LogP contribution in [0.3, 0.4) is 0 Å². The van der Waals surface area contributed by atoms with E-state index in [9.17, 15) is 35.1 Å². The number of rotatable bonds is 18. The van der Waals surface area contributed by atoms with Gasteiger partial charge in [0.1, 0.15) is 109 Å². The molecule has 12 nitrogen and oxygen atoms in total. The molecule has 19 aromatic carbocycles. The second-order valence-corrected chi connectivity index (χ2v) is 40.1. The molecule has 0 saturated carbocycles. The number of phenolic OH excluding ortho intramolecular Hbond substituents is 5. The Morgan fingerprint density at radius 1 is 0.212 bits per heavy atom. The number of anilines is 2. The van der Waals surface area contributed by atoms with Crippen LogP contribution in [0, 0.1) is 0 Å². The summed E-state index contributed by atoms with van der Waals surface area (Å²) in [5.41, 5.74) is 2.75. The van der Waals surface area contributed by atoms with Crippen LogP contribution in [-0.2, 0) is 0 Å². The standard InChI is InChI=1S/C24H19OP.2C24H20P.2C13H11NO2.C13H12O3.C6H6O2/c25-20-16-18-24(19-17-20)26(21-10-4-1-5-11-21,22-12-6-2-7-13-22)23-14-8-3-9-15-23;2*1-5-13-21(14-6-1)25(22-15-7-2-8-16-22,23-17-9-3-10-18-23)24-19-11-4-12-20-24;2*15-12-9-5-4-8-11(12)13(16)14-10-6-2-1-3-7-10;14-10-6-7-11(12(15)8-10)13(16)9-4-2-1-3-5-9;7-5-3-1-2-4-6(5)8/h1-19H;2*1-20H;2*1-9,15H,(H,14,16);1-8,13-16H;1-4,7-8H/q;2*+1;;;;/p-1/t;;;;;13-;/m.....1./s1. The molecule has 132 heavy (non-hydrogen) atoms. The Bertz CT molecular complexity index is 5970. The molecular weight excluding hydrogens is 1690 g/mol. The highest BCUT2D eigenvalue weighted by Crippen LogP contribution is 2.57. The van der Waals surface area contributed by atoms with Crippen LogP contribution >= 0.6 is 21.8 Å². The van der Waals surface area contributed by atoms with E-state index in [-0.39, 0.29) is 57.4 Å². The highest BCUT2D eigenvalue weighted by atomic mass is 31.2. The molecule has 19 rings (SSSR count). The molecule has 15 heteroatoms. The Kier molecular flexibility index (Phi) is 33.8. The summed E-state index contributed by atoms with van der Waals surface area (Å²) >= 11 is 0. The maximum atomic E-state index is 11.7. The number of carbonyl (C=O) groups excluding carboxylic acids is 2. The highest BCUT2D eigenvalue weighted by Gasteiger charge is 2.50. The van der Waals surface area contributed by atoms with Gasteiger partial charge in [-0.2, -0.15) is 0 Å². The molecule has 0 radical (unpaired) electrons. The fraction of sp³-hybridized carbons (Fsp3) is 0.00855. The largest absolute Gasteiger partial charge is 0.872 e. The zero-order valence-corrected chi connectivity index (χ0v) is 74.8. The number of benzene rings is 19. The van der Waals surface area contributed by atoms with Crippen molar-refractivity contribution in [2.24, 2.45) is 0 Å². The van der Waals surface area contributed by atoms with Gasteiger partial charge in [-0.1, -0.05) is 339 Å². The summed E-state index contributed by atoms with van der Waals surface area (Å²) in [6, 6.07) is 177. The van der Waals surface area contributed by atoms with Gasteiger partial charge in [0.05, 0.1) is 0 Å². The van der Waals surface area contributed by atoms with E-state index in [2.05, 4.69) is 356 Å². The van der Waals surface area contributed by atoms with E-state index in [0.29, 0.717) is 28.3 Å². The molecule has 1 atom stereocenters. The summed E-state index contributed by atoms with van der Waals surface area (Å²) in [6.07, 6.45) is -0.887. The van der Waals surface area contributed by atoms with Crippen molar-refractivity contribution in [2.45, 2.75) is 6.10 Å². The molecule has 0 unspecified atom stereocenters. The number of nitrogens with one attached hydrogen (secondary N) is 2. The molecule has 19 aromatic rings. The van der Waals surface area contributed by atoms with Gasteiger partial charge in [-0.25, -0.2) is 0 Å². The van der Waals surface area contributed by atoms with Crippen LogP contribution in [0.25, 0.3) is 0 Å². The van der Waals surface area contributed by atoms with Crippen LogP contribution in [-0.4, -0.2) is 42.5 Å². The van der Waals surface area contributed by atoms with Gasteiger partial charge < -0.3 is 51.5 Å². The minimum absolute atomic E-state index is 0.0264. The van der Waals surface area contributed by atoms with Crippen LogP contribution in [0.4, 0.5) is 11.4 Å². The number of aromatic hydroxyl groups is 5. The van der Waals surface area contributed by atoms with Crippen LogP contribution in [0.15, 0.2) is 540 Å². The second kappa shape index (κ2) is 47.7. The van der Waals surface area contributed by atoms with Gasteiger partial charge in [0.25, 0.3) is 11.8 Å². The van der Waals surface area contributed by atoms with Crippen LogP contribution < -0.4 is 84.5 Å². The van der Waals surface area contributed by atoms with Crippen molar-refractivity contribution >= 4 is 109 Å². The maximum absolute atomic E-state index is 11.7. The first-order valence-electron chi connectivity index (χ1n) is 42.7. The lowest BCUT2D eigenvalue weighted by Crippen LogP contribution is -2.38. The van der Waals surface area contributed by atoms with Crippen LogP contribution in [0.2, 0.25) is 0 Å². The molecule has 2 amide bonds. The summed E-state index contributed by atoms with van der Waals surface area (Å²) in [6.45, 7) is 0. The Balaban J connectivity index is 0.000000134. The van der Waals surface area contributed by atoms with Gasteiger partial charge in [0, 0.05) is 34.1 Å². The topological polar surface area (TPSA) is 226 Å². The first-order chi connectivity index (χ1) is 64.7. The predicted molar refractivity (Wildman–Crippen MR) is 546 cm³/mol. The minimum Gasteiger partial charge on any atom is -0.872 e. The van der Waals surface area contributed by atoms with E-state index in [1.54, 1.807) is 84.9 Å². The Hall–Kier alpha value is -16.0. The molecular formula is C117H98N2O10P3+. The van der Waals surface area contributed by atoms with E-state index < -0.39 is 27.9 Å². The lowest BCUT2D eigenvalue weighted by atomic mass is 10.0. The molecule has 0 fully saturated rings. The summed E-state index contributed by atoms with van der Waals surface area (Å²) in [4.78, 5) is 23.4. The first kappa shape index (κ1) is 93.6. The summed E-state index contributed by atoms with van der Waals surface area (Å²) in [5.74, 6) is -1.29. The van der Waals surface area contributed by atoms with Crippen molar-refractivity contribution in [2.75, 3.05) is 10.6 Å². The monoisotopic (exact) mass is 1780 g/mol. The number of aliphatic hydroxyl groups is 1. The number of aliphatic hydroxyl groups excluding tert-OH is 1. The van der Waals surface area contributed by atoms with Crippen molar-refractivity contribution < 1.29 is 50.4 Å². The average molecular weight is 1780 g/mol. The first-order valence-corrected chi connectivity index (χ1v) is 48.1. The van der Waals surface area contributed by atoms with Gasteiger partial charge in [-0.15, -0.1) is 0 Å². The Morgan fingerprint density at radius 3 is 0.636 bits per heavy atom. The quantitative estimate of drug-likeness (QED) is 0.0300. The van der Waals surface area contributed by atoms with E-state index in [4.69, 9.17) is 15.3 Å². The number of hydrogen-bond acceptors (Lipinski definition) is 10. The third-order valence-corrected chi connectivity index (χ3v) is 34.3. The average Bonchev–Trinajstić information content (AvgIpc) is 0.744. The Morgan fingerprint density at radius 2 is 0.409 bits per heavy atom. The fourth-order valence-electron chi connectivity index (χ4n) is 15.3. The summed E-state index contributed by atoms with van der Waals surface area (Å²) in [7, 11) is -5.85. The van der Waals surface area contributed by atoms with Crippen molar-refractivity contribution in [1.29, 1.82) is 0 Å². The van der Waals surface area contributed by atoms with E-state index >= 15 is 0 Å². The van der Waals surface area contributed by atoms with Gasteiger partial charge >= 0.3 is 0 Å². The normalized spacial score (nSPS) is 10.9. The van der Waals surface area contributed by atoms with Crippen LogP contribution in [0.5, 0.6) is 40.2 Å². The van der Waals surface area contributed by atoms with Gasteiger partial charge in [-0.05, 0) is 212 Å². The van der Waals surface area contributed by atoms with Crippen molar-refractivity contribution in [3.8, 4) is 40.2 Å². The third-order valence-electron chi connectivity index (χ3n) is 21.4. The van der Waals surface area contributed by atoms with E-state index in [0.717, 1.165) is 0 Å². The number of amides is 2. The number of phenols is 5. The second-order valence-electron chi connectivity index (χ2n) is 29.9. The number of carbonyl (C=O) groups is 2. The van der Waals surface area contributed by atoms with Gasteiger partial charge in [0.15, 0.2) is 11.5 Å². The molecule has 0 bridgehead atoms. The summed E-state index contributed by atoms with van der Waals surface area (Å²) in [5, 5.41) is 100. The maximum Gasteiger partial charge on any atom is 0.255 e. The van der Waals surface area contributed by atoms with Crippen molar-refractivity contribution in [1.82, 2.24) is 0 Å². The number of hydrogen-bond donors (Lipinski definition) is 8. The molecule has 0 aliphatic rings. The lowest BCUT2D eigenvalue weighted by Gasteiger charge is -2.27. The van der Waals surface area contributed by atoms with Gasteiger partial charge in [-0.3, -0.25) is 9.59 Å². The number of para-hydroxylation sites is 6.